The van der Waals surface area contributed by atoms with E-state index < -0.39 is 10.7 Å². The van der Waals surface area contributed by atoms with Crippen LogP contribution >= 0.6 is 11.8 Å². The van der Waals surface area contributed by atoms with Gasteiger partial charge in [0, 0.05) is 11.4 Å². The highest BCUT2D eigenvalue weighted by Crippen LogP contribution is 2.24. The van der Waals surface area contributed by atoms with E-state index >= 15 is 0 Å². The highest BCUT2D eigenvalue weighted by Gasteiger charge is 2.27. The van der Waals surface area contributed by atoms with Gasteiger partial charge in [-0.3, -0.25) is 4.79 Å². The Kier molecular flexibility index (Phi) is 4.69. The molecule has 0 aliphatic heterocycles. The van der Waals surface area contributed by atoms with Gasteiger partial charge in [-0.25, -0.2) is 0 Å². The van der Waals surface area contributed by atoms with E-state index in [1.165, 1.54) is 11.8 Å². The Hall–Kier alpha value is -1.36. The van der Waals surface area contributed by atoms with Gasteiger partial charge in [0.05, 0.1) is 6.61 Å². The average Bonchev–Trinajstić information content (AvgIpc) is 2.26. The van der Waals surface area contributed by atoms with Gasteiger partial charge in [-0.05, 0) is 38.1 Å². The molecule has 1 aromatic carbocycles. The maximum Gasteiger partial charge on any atom is 0.319 e. The van der Waals surface area contributed by atoms with Crippen molar-refractivity contribution in [1.29, 1.82) is 0 Å². The Morgan fingerprint density at radius 2 is 2.00 bits per heavy atom. The molecule has 1 aromatic rings. The Labute approximate surface area is 105 Å². The maximum atomic E-state index is 10.8. The van der Waals surface area contributed by atoms with Crippen molar-refractivity contribution >= 4 is 23.4 Å². The van der Waals surface area contributed by atoms with E-state index in [0.29, 0.717) is 18.0 Å². The number of aliphatic carboxylic acids is 1. The van der Waals surface area contributed by atoms with Crippen LogP contribution in [-0.4, -0.2) is 28.2 Å². The number of benzene rings is 1. The molecule has 0 aliphatic rings. The van der Waals surface area contributed by atoms with Crippen molar-refractivity contribution in [3.63, 3.8) is 0 Å². The van der Waals surface area contributed by atoms with Crippen LogP contribution in [0.25, 0.3) is 0 Å². The predicted molar refractivity (Wildman–Crippen MR) is 70.5 cm³/mol. The number of rotatable bonds is 6. The molecule has 3 N–H and O–H groups in total. The molecule has 0 saturated carbocycles. The average molecular weight is 255 g/mol. The first-order valence-electron chi connectivity index (χ1n) is 5.27. The second-order valence-electron chi connectivity index (χ2n) is 4.08. The Bertz CT molecular complexity index is 376. The van der Waals surface area contributed by atoms with E-state index in [2.05, 4.69) is 0 Å². The molecule has 0 atom stereocenters. The van der Waals surface area contributed by atoms with Crippen molar-refractivity contribution < 1.29 is 14.6 Å². The summed E-state index contributed by atoms with van der Waals surface area (Å²) >= 11 is 1.36. The standard InChI is InChI=1S/C12H17NO3S/c1-12(2,11(14)15)17-8-7-16-10-5-3-9(13)4-6-10/h3-6H,7-8,13H2,1-2H3,(H,14,15). The molecular weight excluding hydrogens is 238 g/mol. The first-order valence-corrected chi connectivity index (χ1v) is 6.26. The fourth-order valence-electron chi connectivity index (χ4n) is 1.08. The quantitative estimate of drug-likeness (QED) is 0.602. The van der Waals surface area contributed by atoms with E-state index in [1.54, 1.807) is 38.1 Å². The molecular formula is C12H17NO3S. The fraction of sp³-hybridized carbons (Fsp3) is 0.417. The Balaban J connectivity index is 2.29. The number of hydrogen-bond acceptors (Lipinski definition) is 4. The zero-order valence-corrected chi connectivity index (χ0v) is 10.8. The normalized spacial score (nSPS) is 11.2. The van der Waals surface area contributed by atoms with Crippen LogP contribution in [0.15, 0.2) is 24.3 Å². The number of carboxylic acids is 1. The molecule has 0 saturated heterocycles. The summed E-state index contributed by atoms with van der Waals surface area (Å²) in [5, 5.41) is 8.91. The summed E-state index contributed by atoms with van der Waals surface area (Å²) in [7, 11) is 0. The molecule has 1 rings (SSSR count). The van der Waals surface area contributed by atoms with Crippen molar-refractivity contribution in [3.8, 4) is 5.75 Å². The topological polar surface area (TPSA) is 72.5 Å². The van der Waals surface area contributed by atoms with E-state index in [9.17, 15) is 4.79 Å². The van der Waals surface area contributed by atoms with Crippen LogP contribution in [0.5, 0.6) is 5.75 Å². The highest BCUT2D eigenvalue weighted by molar-refractivity contribution is 8.01. The lowest BCUT2D eigenvalue weighted by Crippen LogP contribution is -2.28. The maximum absolute atomic E-state index is 10.8. The molecule has 0 bridgehead atoms. The van der Waals surface area contributed by atoms with Gasteiger partial charge in [-0.1, -0.05) is 0 Å². The molecule has 17 heavy (non-hydrogen) atoms. The van der Waals surface area contributed by atoms with E-state index in [-0.39, 0.29) is 0 Å². The van der Waals surface area contributed by atoms with Gasteiger partial charge in [-0.2, -0.15) is 0 Å². The third-order valence-electron chi connectivity index (χ3n) is 2.21. The minimum Gasteiger partial charge on any atom is -0.493 e. The summed E-state index contributed by atoms with van der Waals surface area (Å²) in [5.74, 6) is 0.562. The monoisotopic (exact) mass is 255 g/mol. The smallest absolute Gasteiger partial charge is 0.319 e. The number of anilines is 1. The summed E-state index contributed by atoms with van der Waals surface area (Å²) in [6.45, 7) is 3.84. The lowest BCUT2D eigenvalue weighted by Gasteiger charge is -2.18. The number of thioether (sulfide) groups is 1. The summed E-state index contributed by atoms with van der Waals surface area (Å²) < 4.78 is 4.69. The highest BCUT2D eigenvalue weighted by atomic mass is 32.2. The predicted octanol–water partition coefficient (Wildman–Crippen LogP) is 2.24. The molecule has 0 fully saturated rings. The zero-order chi connectivity index (χ0) is 12.9. The molecule has 5 heteroatoms. The number of nitrogen functional groups attached to an aromatic ring is 1. The van der Waals surface area contributed by atoms with Crippen molar-refractivity contribution in [3.05, 3.63) is 24.3 Å². The van der Waals surface area contributed by atoms with Crippen LogP contribution in [-0.2, 0) is 4.79 Å². The minimum atomic E-state index is -0.810. The molecule has 0 aromatic heterocycles. The Morgan fingerprint density at radius 1 is 1.41 bits per heavy atom. The van der Waals surface area contributed by atoms with Crippen LogP contribution in [0, 0.1) is 0 Å². The van der Waals surface area contributed by atoms with Gasteiger partial charge in [-0.15, -0.1) is 11.8 Å². The first-order chi connectivity index (χ1) is 7.92. The van der Waals surface area contributed by atoms with Gasteiger partial charge in [0.25, 0.3) is 0 Å². The summed E-state index contributed by atoms with van der Waals surface area (Å²) in [6.07, 6.45) is 0. The van der Waals surface area contributed by atoms with E-state index in [1.807, 2.05) is 0 Å². The molecule has 0 radical (unpaired) electrons. The van der Waals surface area contributed by atoms with Gasteiger partial charge in [0.15, 0.2) is 0 Å². The SMILES string of the molecule is CC(C)(SCCOc1ccc(N)cc1)C(=O)O. The van der Waals surface area contributed by atoms with Crippen LogP contribution in [0.2, 0.25) is 0 Å². The number of hydrogen-bond donors (Lipinski definition) is 2. The molecule has 0 amide bonds. The number of ether oxygens (including phenoxy) is 1. The van der Waals surface area contributed by atoms with Crippen molar-refractivity contribution in [1.82, 2.24) is 0 Å². The van der Waals surface area contributed by atoms with Gasteiger partial charge < -0.3 is 15.6 Å². The Morgan fingerprint density at radius 3 is 2.53 bits per heavy atom. The van der Waals surface area contributed by atoms with Gasteiger partial charge >= 0.3 is 5.97 Å². The van der Waals surface area contributed by atoms with Crippen LogP contribution in [0.3, 0.4) is 0 Å². The minimum absolute atomic E-state index is 0.477. The van der Waals surface area contributed by atoms with Crippen LogP contribution in [0.4, 0.5) is 5.69 Å². The summed E-state index contributed by atoms with van der Waals surface area (Å²) in [4.78, 5) is 10.8. The second-order valence-corrected chi connectivity index (χ2v) is 5.80. The van der Waals surface area contributed by atoms with Crippen molar-refractivity contribution in [2.24, 2.45) is 0 Å². The fourth-order valence-corrected chi connectivity index (χ4v) is 1.88. The lowest BCUT2D eigenvalue weighted by molar-refractivity contribution is -0.138. The molecule has 0 aliphatic carbocycles. The molecule has 94 valence electrons. The molecule has 0 unspecified atom stereocenters. The van der Waals surface area contributed by atoms with Crippen molar-refractivity contribution in [2.45, 2.75) is 18.6 Å². The lowest BCUT2D eigenvalue weighted by atomic mass is 10.2. The number of carboxylic acid groups (broad SMARTS) is 1. The van der Waals surface area contributed by atoms with E-state index in [4.69, 9.17) is 15.6 Å². The number of nitrogens with two attached hydrogens (primary N) is 1. The van der Waals surface area contributed by atoms with Crippen molar-refractivity contribution in [2.75, 3.05) is 18.1 Å². The number of carbonyl (C=O) groups is 1. The third kappa shape index (κ3) is 4.56. The summed E-state index contributed by atoms with van der Waals surface area (Å²) in [6, 6.07) is 7.12. The largest absolute Gasteiger partial charge is 0.493 e. The molecule has 4 nitrogen and oxygen atoms in total. The third-order valence-corrected chi connectivity index (χ3v) is 3.48. The van der Waals surface area contributed by atoms with E-state index in [0.717, 1.165) is 5.75 Å². The summed E-state index contributed by atoms with van der Waals surface area (Å²) in [5.41, 5.74) is 6.24. The molecule has 0 spiro atoms. The zero-order valence-electron chi connectivity index (χ0n) is 9.97. The second kappa shape index (κ2) is 5.82. The van der Waals surface area contributed by atoms with Gasteiger partial charge in [0.2, 0.25) is 0 Å². The van der Waals surface area contributed by atoms with Crippen LogP contribution < -0.4 is 10.5 Å². The first kappa shape index (κ1) is 13.7. The molecule has 0 heterocycles. The van der Waals surface area contributed by atoms with Crippen LogP contribution in [0.1, 0.15) is 13.8 Å². The van der Waals surface area contributed by atoms with Gasteiger partial charge in [0.1, 0.15) is 10.5 Å².